The lowest BCUT2D eigenvalue weighted by Crippen LogP contribution is -2.43. The molecule has 0 atom stereocenters. The van der Waals surface area contributed by atoms with Gasteiger partial charge >= 0.3 is 0 Å². The Labute approximate surface area is 187 Å². The van der Waals surface area contributed by atoms with E-state index in [2.05, 4.69) is 22.3 Å². The number of rotatable bonds is 9. The fourth-order valence-electron chi connectivity index (χ4n) is 3.68. The number of thioether (sulfide) groups is 1. The molecule has 1 aromatic heterocycles. The van der Waals surface area contributed by atoms with E-state index < -0.39 is 0 Å². The fraction of sp³-hybridized carbons (Fsp3) is 0.375. The van der Waals surface area contributed by atoms with Gasteiger partial charge in [0.05, 0.1) is 5.75 Å². The maximum absolute atomic E-state index is 13.5. The molecule has 0 fully saturated rings. The van der Waals surface area contributed by atoms with Crippen LogP contribution in [0.1, 0.15) is 39.1 Å². The van der Waals surface area contributed by atoms with E-state index in [9.17, 15) is 9.18 Å². The van der Waals surface area contributed by atoms with Crippen molar-refractivity contribution < 1.29 is 9.18 Å². The van der Waals surface area contributed by atoms with E-state index in [1.54, 1.807) is 12.1 Å². The summed E-state index contributed by atoms with van der Waals surface area (Å²) in [4.78, 5) is 14.7. The number of halogens is 1. The van der Waals surface area contributed by atoms with Crippen LogP contribution in [0.3, 0.4) is 0 Å². The largest absolute Gasteiger partial charge is 0.337 e. The molecule has 0 aliphatic rings. The Morgan fingerprint density at radius 2 is 1.61 bits per heavy atom. The Morgan fingerprint density at radius 1 is 0.968 bits per heavy atom. The number of benzene rings is 2. The van der Waals surface area contributed by atoms with Crippen molar-refractivity contribution in [3.05, 3.63) is 71.8 Å². The summed E-state index contributed by atoms with van der Waals surface area (Å²) in [6.07, 6.45) is 1.51. The van der Waals surface area contributed by atoms with E-state index in [4.69, 9.17) is 0 Å². The SMILES string of the molecule is CC(C)N(C(=O)CSc1nnc(CCc2ccccc2)n1-c1ccc(F)cc1)C(C)C. The Bertz CT molecular complexity index is 979. The van der Waals surface area contributed by atoms with Crippen LogP contribution in [0.15, 0.2) is 59.8 Å². The zero-order valence-electron chi connectivity index (χ0n) is 18.5. The summed E-state index contributed by atoms with van der Waals surface area (Å²) in [5, 5.41) is 9.39. The second-order valence-corrected chi connectivity index (χ2v) is 8.92. The average molecular weight is 441 g/mol. The van der Waals surface area contributed by atoms with E-state index in [-0.39, 0.29) is 29.6 Å². The first-order valence-corrected chi connectivity index (χ1v) is 11.5. The summed E-state index contributed by atoms with van der Waals surface area (Å²) in [6, 6.07) is 16.7. The maximum Gasteiger partial charge on any atom is 0.233 e. The Balaban J connectivity index is 1.83. The lowest BCUT2D eigenvalue weighted by Gasteiger charge is -2.30. The molecular formula is C24H29FN4OS. The van der Waals surface area contributed by atoms with Crippen LogP contribution in [0.2, 0.25) is 0 Å². The molecule has 0 aliphatic heterocycles. The minimum absolute atomic E-state index is 0.0643. The van der Waals surface area contributed by atoms with E-state index in [0.29, 0.717) is 11.6 Å². The molecule has 0 spiro atoms. The highest BCUT2D eigenvalue weighted by atomic mass is 32.2. The first-order valence-electron chi connectivity index (χ1n) is 10.5. The lowest BCUT2D eigenvalue weighted by molar-refractivity contribution is -0.131. The summed E-state index contributed by atoms with van der Waals surface area (Å²) in [5.74, 6) is 0.829. The summed E-state index contributed by atoms with van der Waals surface area (Å²) in [6.45, 7) is 8.08. The predicted octanol–water partition coefficient (Wildman–Crippen LogP) is 4.93. The summed E-state index contributed by atoms with van der Waals surface area (Å²) in [7, 11) is 0. The first kappa shape index (κ1) is 23.0. The Morgan fingerprint density at radius 3 is 2.23 bits per heavy atom. The third kappa shape index (κ3) is 5.94. The van der Waals surface area contributed by atoms with Crippen molar-refractivity contribution in [2.75, 3.05) is 5.75 Å². The number of nitrogens with zero attached hydrogens (tertiary/aromatic N) is 4. The van der Waals surface area contributed by atoms with Gasteiger partial charge in [-0.25, -0.2) is 4.39 Å². The number of amides is 1. The molecular weight excluding hydrogens is 411 g/mol. The van der Waals surface area contributed by atoms with Gasteiger partial charge in [-0.15, -0.1) is 10.2 Å². The second-order valence-electron chi connectivity index (χ2n) is 7.97. The fourth-order valence-corrected chi connectivity index (χ4v) is 4.52. The topological polar surface area (TPSA) is 51.0 Å². The minimum Gasteiger partial charge on any atom is -0.337 e. The maximum atomic E-state index is 13.5. The summed E-state index contributed by atoms with van der Waals surface area (Å²) in [5.41, 5.74) is 2.00. The van der Waals surface area contributed by atoms with Crippen molar-refractivity contribution in [1.82, 2.24) is 19.7 Å². The number of carbonyl (C=O) groups excluding carboxylic acids is 1. The third-order valence-electron chi connectivity index (χ3n) is 4.99. The van der Waals surface area contributed by atoms with Gasteiger partial charge < -0.3 is 4.90 Å². The molecule has 0 bridgehead atoms. The van der Waals surface area contributed by atoms with Crippen molar-refractivity contribution in [3.8, 4) is 5.69 Å². The highest BCUT2D eigenvalue weighted by molar-refractivity contribution is 7.99. The van der Waals surface area contributed by atoms with Gasteiger partial charge in [-0.3, -0.25) is 9.36 Å². The van der Waals surface area contributed by atoms with Crippen LogP contribution in [0, 0.1) is 5.82 Å². The number of carbonyl (C=O) groups is 1. The normalized spacial score (nSPS) is 11.3. The Hall–Kier alpha value is -2.67. The van der Waals surface area contributed by atoms with E-state index in [0.717, 1.165) is 17.9 Å². The van der Waals surface area contributed by atoms with Crippen molar-refractivity contribution >= 4 is 17.7 Å². The van der Waals surface area contributed by atoms with Crippen LogP contribution in [-0.2, 0) is 17.6 Å². The molecule has 31 heavy (non-hydrogen) atoms. The quantitative estimate of drug-likeness (QED) is 0.443. The highest BCUT2D eigenvalue weighted by Gasteiger charge is 2.22. The molecule has 0 saturated carbocycles. The van der Waals surface area contributed by atoms with Crippen molar-refractivity contribution in [2.45, 2.75) is 57.8 Å². The average Bonchev–Trinajstić information content (AvgIpc) is 3.14. The van der Waals surface area contributed by atoms with Gasteiger partial charge in [0.1, 0.15) is 11.6 Å². The van der Waals surface area contributed by atoms with Crippen LogP contribution >= 0.6 is 11.8 Å². The van der Waals surface area contributed by atoms with Gasteiger partial charge in [-0.05, 0) is 63.9 Å². The van der Waals surface area contributed by atoms with Crippen LogP contribution in [-0.4, -0.2) is 43.4 Å². The van der Waals surface area contributed by atoms with Gasteiger partial charge in [-0.2, -0.15) is 0 Å². The zero-order valence-corrected chi connectivity index (χ0v) is 19.3. The van der Waals surface area contributed by atoms with E-state index in [1.165, 1.54) is 29.5 Å². The number of hydrogen-bond acceptors (Lipinski definition) is 4. The van der Waals surface area contributed by atoms with Gasteiger partial charge in [0.25, 0.3) is 0 Å². The van der Waals surface area contributed by atoms with Gasteiger partial charge in [0.2, 0.25) is 5.91 Å². The monoisotopic (exact) mass is 440 g/mol. The molecule has 164 valence electrons. The molecule has 3 rings (SSSR count). The van der Waals surface area contributed by atoms with Gasteiger partial charge in [-0.1, -0.05) is 42.1 Å². The molecule has 1 heterocycles. The standard InChI is InChI=1S/C24H29FN4OS/c1-17(2)28(18(3)4)23(30)16-31-24-27-26-22(15-10-19-8-6-5-7-9-19)29(24)21-13-11-20(25)12-14-21/h5-9,11-14,17-18H,10,15-16H2,1-4H3. The van der Waals surface area contributed by atoms with E-state index >= 15 is 0 Å². The zero-order chi connectivity index (χ0) is 22.4. The van der Waals surface area contributed by atoms with E-state index in [1.807, 2.05) is 55.4 Å². The van der Waals surface area contributed by atoms with Crippen molar-refractivity contribution in [1.29, 1.82) is 0 Å². The lowest BCUT2D eigenvalue weighted by atomic mass is 10.1. The predicted molar refractivity (Wildman–Crippen MR) is 123 cm³/mol. The smallest absolute Gasteiger partial charge is 0.233 e. The molecule has 5 nitrogen and oxygen atoms in total. The molecule has 0 saturated heterocycles. The number of hydrogen-bond donors (Lipinski definition) is 0. The summed E-state index contributed by atoms with van der Waals surface area (Å²) < 4.78 is 15.4. The van der Waals surface area contributed by atoms with Crippen LogP contribution in [0.4, 0.5) is 4.39 Å². The van der Waals surface area contributed by atoms with Gasteiger partial charge in [0, 0.05) is 24.2 Å². The first-order chi connectivity index (χ1) is 14.9. The van der Waals surface area contributed by atoms with Crippen LogP contribution in [0.5, 0.6) is 0 Å². The van der Waals surface area contributed by atoms with Crippen molar-refractivity contribution in [3.63, 3.8) is 0 Å². The summed E-state index contributed by atoms with van der Waals surface area (Å²) >= 11 is 1.36. The second kappa shape index (κ2) is 10.6. The molecule has 1 amide bonds. The van der Waals surface area contributed by atoms with Gasteiger partial charge in [0.15, 0.2) is 5.16 Å². The molecule has 2 aromatic carbocycles. The Kier molecular flexibility index (Phi) is 7.85. The van der Waals surface area contributed by atoms with Crippen LogP contribution in [0.25, 0.3) is 5.69 Å². The molecule has 0 N–H and O–H groups in total. The third-order valence-corrected chi connectivity index (χ3v) is 5.90. The van der Waals surface area contributed by atoms with Crippen molar-refractivity contribution in [2.24, 2.45) is 0 Å². The van der Waals surface area contributed by atoms with Crippen LogP contribution < -0.4 is 0 Å². The molecule has 3 aromatic rings. The molecule has 0 radical (unpaired) electrons. The molecule has 0 unspecified atom stereocenters. The molecule has 7 heteroatoms. The number of aryl methyl sites for hydroxylation is 2. The highest BCUT2D eigenvalue weighted by Crippen LogP contribution is 2.24. The minimum atomic E-state index is -0.295. The number of aromatic nitrogens is 3. The molecule has 0 aliphatic carbocycles.